The summed E-state index contributed by atoms with van der Waals surface area (Å²) in [4.78, 5) is 11.8. The van der Waals surface area contributed by atoms with E-state index in [1.807, 2.05) is 6.92 Å². The van der Waals surface area contributed by atoms with E-state index in [0.717, 1.165) is 25.6 Å². The summed E-state index contributed by atoms with van der Waals surface area (Å²) in [5.74, 6) is -0.818. The van der Waals surface area contributed by atoms with Crippen LogP contribution in [0.4, 0.5) is 4.39 Å². The maximum Gasteiger partial charge on any atom is 0.337 e. The van der Waals surface area contributed by atoms with Gasteiger partial charge < -0.3 is 34.6 Å². The number of nitrogens with zero attached hydrogens (tertiary/aromatic N) is 2. The van der Waals surface area contributed by atoms with Crippen molar-refractivity contribution in [1.82, 2.24) is 9.78 Å². The Hall–Kier alpha value is -2.57. The molecule has 0 amide bonds. The fraction of sp³-hybridized carbons (Fsp3) is 0.583. The Morgan fingerprint density at radius 3 is 2.57 bits per heavy atom. The van der Waals surface area contributed by atoms with E-state index in [9.17, 15) is 29.6 Å². The number of benzene rings is 1. The highest BCUT2D eigenvalue weighted by Gasteiger charge is 2.50. The van der Waals surface area contributed by atoms with Gasteiger partial charge in [0.2, 0.25) is 12.2 Å². The number of rotatable bonds is 8. The van der Waals surface area contributed by atoms with E-state index in [0.29, 0.717) is 29.2 Å². The predicted molar refractivity (Wildman–Crippen MR) is 119 cm³/mol. The molecule has 10 nitrogen and oxygen atoms in total. The highest BCUT2D eigenvalue weighted by atomic mass is 19.1. The van der Waals surface area contributed by atoms with Crippen molar-refractivity contribution in [2.75, 3.05) is 7.11 Å². The van der Waals surface area contributed by atoms with Crippen molar-refractivity contribution in [3.8, 4) is 5.88 Å². The topological polar surface area (TPSA) is 144 Å². The predicted octanol–water partition coefficient (Wildman–Crippen LogP) is 0.360. The molecular formula is C24H31FN2O8. The molecule has 1 saturated carbocycles. The number of hydrogen-bond acceptors (Lipinski definition) is 9. The molecule has 2 aliphatic rings. The summed E-state index contributed by atoms with van der Waals surface area (Å²) in [7, 11) is 1.05. The third kappa shape index (κ3) is 5.34. The van der Waals surface area contributed by atoms with E-state index >= 15 is 0 Å². The van der Waals surface area contributed by atoms with Gasteiger partial charge in [-0.05, 0) is 49.8 Å². The third-order valence-corrected chi connectivity index (χ3v) is 6.63. The maximum absolute atomic E-state index is 14.2. The number of esters is 1. The van der Waals surface area contributed by atoms with E-state index in [1.165, 1.54) is 6.07 Å². The SMILES string of the molecule is COC(=O)C(O)[C@H]1O[C@@H](Oc2nn(CC3CC3)c(C)c2Cc2ccc(C)c(F)c2)[C@H](O)[C@@H](O)[C@@H]1O. The summed E-state index contributed by atoms with van der Waals surface area (Å²) in [6.07, 6.45) is -7.89. The number of aryl methyl sites for hydroxylation is 1. The van der Waals surface area contributed by atoms with Gasteiger partial charge in [-0.25, -0.2) is 9.18 Å². The van der Waals surface area contributed by atoms with Crippen molar-refractivity contribution in [3.63, 3.8) is 0 Å². The van der Waals surface area contributed by atoms with Crippen molar-refractivity contribution < 1.29 is 43.8 Å². The number of aliphatic hydroxyl groups is 4. The smallest absolute Gasteiger partial charge is 0.337 e. The van der Waals surface area contributed by atoms with Gasteiger partial charge in [0.1, 0.15) is 30.2 Å². The van der Waals surface area contributed by atoms with Crippen LogP contribution in [0.2, 0.25) is 0 Å². The van der Waals surface area contributed by atoms with E-state index < -0.39 is 42.8 Å². The molecule has 2 heterocycles. The molecule has 0 spiro atoms. The highest BCUT2D eigenvalue weighted by Crippen LogP contribution is 2.34. The lowest BCUT2D eigenvalue weighted by Crippen LogP contribution is -2.63. The Morgan fingerprint density at radius 2 is 1.94 bits per heavy atom. The summed E-state index contributed by atoms with van der Waals surface area (Å²) >= 11 is 0. The van der Waals surface area contributed by atoms with Crippen LogP contribution < -0.4 is 4.74 Å². The number of halogens is 1. The Kier molecular flexibility index (Phi) is 7.43. The fourth-order valence-corrected chi connectivity index (χ4v) is 4.12. The molecule has 2 fully saturated rings. The van der Waals surface area contributed by atoms with Crippen molar-refractivity contribution >= 4 is 5.97 Å². The molecule has 1 saturated heterocycles. The maximum atomic E-state index is 14.2. The second-order valence-electron chi connectivity index (χ2n) is 9.28. The van der Waals surface area contributed by atoms with Crippen LogP contribution in [-0.2, 0) is 27.2 Å². The van der Waals surface area contributed by atoms with Gasteiger partial charge in [0.15, 0.2) is 6.10 Å². The van der Waals surface area contributed by atoms with Gasteiger partial charge in [0.25, 0.3) is 0 Å². The van der Waals surface area contributed by atoms with Crippen LogP contribution in [0.3, 0.4) is 0 Å². The molecule has 4 N–H and O–H groups in total. The number of carbonyl (C=O) groups is 1. The molecular weight excluding hydrogens is 463 g/mol. The second-order valence-corrected chi connectivity index (χ2v) is 9.28. The first-order chi connectivity index (χ1) is 16.6. The minimum absolute atomic E-state index is 0.100. The molecule has 11 heteroatoms. The summed E-state index contributed by atoms with van der Waals surface area (Å²) in [6, 6.07) is 4.92. The van der Waals surface area contributed by atoms with Gasteiger partial charge in [-0.1, -0.05) is 12.1 Å². The van der Waals surface area contributed by atoms with Crippen LogP contribution in [0.15, 0.2) is 18.2 Å². The molecule has 6 atom stereocenters. The molecule has 1 unspecified atom stereocenters. The van der Waals surface area contributed by atoms with Crippen LogP contribution >= 0.6 is 0 Å². The summed E-state index contributed by atoms with van der Waals surface area (Å²) in [5.41, 5.74) is 2.64. The zero-order chi connectivity index (χ0) is 25.4. The monoisotopic (exact) mass is 494 g/mol. The van der Waals surface area contributed by atoms with Gasteiger partial charge in [0.05, 0.1) is 7.11 Å². The first kappa shape index (κ1) is 25.5. The Labute approximate surface area is 201 Å². The average molecular weight is 495 g/mol. The molecule has 1 aliphatic carbocycles. The Bertz CT molecular complexity index is 1070. The molecule has 4 rings (SSSR count). The lowest BCUT2D eigenvalue weighted by atomic mass is 9.95. The van der Waals surface area contributed by atoms with Crippen molar-refractivity contribution in [2.45, 2.75) is 76.5 Å². The molecule has 2 aromatic rings. The number of hydrogen-bond donors (Lipinski definition) is 4. The summed E-state index contributed by atoms with van der Waals surface area (Å²) in [6.45, 7) is 4.21. The number of aromatic nitrogens is 2. The van der Waals surface area contributed by atoms with Gasteiger partial charge >= 0.3 is 5.97 Å². The second kappa shape index (κ2) is 10.2. The number of ether oxygens (including phenoxy) is 3. The van der Waals surface area contributed by atoms with Crippen molar-refractivity contribution in [1.29, 1.82) is 0 Å². The van der Waals surface area contributed by atoms with E-state index in [2.05, 4.69) is 9.84 Å². The van der Waals surface area contributed by atoms with E-state index in [-0.39, 0.29) is 18.1 Å². The molecule has 1 aromatic carbocycles. The number of aliphatic hydroxyl groups excluding tert-OH is 4. The molecule has 1 aliphatic heterocycles. The molecule has 1 aromatic heterocycles. The Balaban J connectivity index is 1.63. The highest BCUT2D eigenvalue weighted by molar-refractivity contribution is 5.75. The van der Waals surface area contributed by atoms with Crippen molar-refractivity contribution in [3.05, 3.63) is 46.4 Å². The van der Waals surface area contributed by atoms with Crippen LogP contribution in [0, 0.1) is 25.6 Å². The minimum atomic E-state index is -1.92. The zero-order valence-electron chi connectivity index (χ0n) is 19.8. The van der Waals surface area contributed by atoms with Gasteiger partial charge in [-0.15, -0.1) is 5.10 Å². The third-order valence-electron chi connectivity index (χ3n) is 6.63. The van der Waals surface area contributed by atoms with Crippen LogP contribution in [0.1, 0.15) is 35.2 Å². The average Bonchev–Trinajstić information content (AvgIpc) is 3.61. The standard InChI is InChI=1S/C24H31FN2O8/c1-11-4-5-14(9-16(11)25)8-15-12(2)27(10-13-6-7-13)26-22(15)35-24-19(30)17(28)18(29)21(34-24)20(31)23(32)33-3/h4-5,9,13,17-21,24,28-31H,6-8,10H2,1-3H3/t17-,18-,19+,20?,21-,24-/m0/s1. The first-order valence-electron chi connectivity index (χ1n) is 11.5. The largest absolute Gasteiger partial charge is 0.467 e. The van der Waals surface area contributed by atoms with Crippen LogP contribution in [-0.4, -0.2) is 80.1 Å². The number of methoxy groups -OCH3 is 1. The lowest BCUT2D eigenvalue weighted by molar-refractivity contribution is -0.288. The quantitative estimate of drug-likeness (QED) is 0.383. The van der Waals surface area contributed by atoms with E-state index in [4.69, 9.17) is 9.47 Å². The lowest BCUT2D eigenvalue weighted by Gasteiger charge is -2.40. The Morgan fingerprint density at radius 1 is 1.23 bits per heavy atom. The zero-order valence-corrected chi connectivity index (χ0v) is 19.8. The molecule has 0 radical (unpaired) electrons. The summed E-state index contributed by atoms with van der Waals surface area (Å²) in [5, 5.41) is 45.8. The van der Waals surface area contributed by atoms with Gasteiger partial charge in [0, 0.05) is 24.2 Å². The molecule has 0 bridgehead atoms. The van der Waals surface area contributed by atoms with Crippen LogP contribution in [0.25, 0.3) is 0 Å². The van der Waals surface area contributed by atoms with E-state index in [1.54, 1.807) is 23.7 Å². The van der Waals surface area contributed by atoms with Gasteiger partial charge in [-0.3, -0.25) is 4.68 Å². The normalized spacial score (nSPS) is 27.5. The van der Waals surface area contributed by atoms with Gasteiger partial charge in [-0.2, -0.15) is 0 Å². The first-order valence-corrected chi connectivity index (χ1v) is 11.5. The van der Waals surface area contributed by atoms with Crippen molar-refractivity contribution in [2.24, 2.45) is 5.92 Å². The van der Waals surface area contributed by atoms with Crippen LogP contribution in [0.5, 0.6) is 5.88 Å². The number of carbonyl (C=O) groups excluding carboxylic acids is 1. The minimum Gasteiger partial charge on any atom is -0.467 e. The fourth-order valence-electron chi connectivity index (χ4n) is 4.12. The molecule has 192 valence electrons. The molecule has 35 heavy (non-hydrogen) atoms. The summed E-state index contributed by atoms with van der Waals surface area (Å²) < 4.78 is 31.8.